The zero-order valence-electron chi connectivity index (χ0n) is 17.3. The van der Waals surface area contributed by atoms with Crippen LogP contribution in [0.2, 0.25) is 0 Å². The second-order valence-corrected chi connectivity index (χ2v) is 9.78. The molecular formula is C22H29N3O3S. The third-order valence-electron chi connectivity index (χ3n) is 5.61. The molecule has 0 N–H and O–H groups in total. The molecule has 6 nitrogen and oxygen atoms in total. The lowest BCUT2D eigenvalue weighted by Gasteiger charge is -2.30. The number of carbonyl (C=O) groups excluding carboxylic acids is 1. The zero-order chi connectivity index (χ0) is 21.0. The molecular weight excluding hydrogens is 386 g/mol. The summed E-state index contributed by atoms with van der Waals surface area (Å²) in [6, 6.07) is 10.1. The van der Waals surface area contributed by atoms with E-state index in [4.69, 9.17) is 0 Å². The first-order chi connectivity index (χ1) is 13.8. The number of pyridine rings is 1. The van der Waals surface area contributed by atoms with Crippen molar-refractivity contribution in [3.63, 3.8) is 0 Å². The molecule has 1 aliphatic heterocycles. The Morgan fingerprint density at radius 3 is 2.34 bits per heavy atom. The third kappa shape index (κ3) is 4.67. The van der Waals surface area contributed by atoms with Crippen molar-refractivity contribution in [1.29, 1.82) is 0 Å². The number of hydrogen-bond acceptors (Lipinski definition) is 4. The molecule has 0 aliphatic carbocycles. The van der Waals surface area contributed by atoms with Crippen LogP contribution in [0.3, 0.4) is 0 Å². The van der Waals surface area contributed by atoms with Crippen molar-refractivity contribution in [3.05, 3.63) is 59.9 Å². The van der Waals surface area contributed by atoms with Crippen molar-refractivity contribution in [1.82, 2.24) is 14.2 Å². The molecule has 2 aromatic rings. The second-order valence-electron chi connectivity index (χ2n) is 7.78. The van der Waals surface area contributed by atoms with E-state index in [1.165, 1.54) is 16.4 Å². The van der Waals surface area contributed by atoms with E-state index in [1.54, 1.807) is 31.6 Å². The predicted octanol–water partition coefficient (Wildman–Crippen LogP) is 3.87. The van der Waals surface area contributed by atoms with Gasteiger partial charge in [-0.1, -0.05) is 12.8 Å². The number of sulfonamides is 1. The van der Waals surface area contributed by atoms with Crippen LogP contribution in [0.25, 0.3) is 0 Å². The van der Waals surface area contributed by atoms with Crippen molar-refractivity contribution in [2.24, 2.45) is 0 Å². The molecule has 1 amide bonds. The van der Waals surface area contributed by atoms with Gasteiger partial charge in [0.2, 0.25) is 10.0 Å². The highest BCUT2D eigenvalue weighted by atomic mass is 32.2. The standard InChI is InChI=1S/C22H29N3O3S/c1-17(2)24(3)29(27,28)20-10-8-19(9-11-20)22(26)25-16-6-4-5-7-21(25)18-12-14-23-15-13-18/h8-15,17,21H,4-7,16H2,1-3H3. The lowest BCUT2D eigenvalue weighted by molar-refractivity contribution is 0.0680. The SMILES string of the molecule is CC(C)N(C)S(=O)(=O)c1ccc(C(=O)N2CCCCCC2c2ccncc2)cc1. The smallest absolute Gasteiger partial charge is 0.254 e. The van der Waals surface area contributed by atoms with Crippen LogP contribution in [0.15, 0.2) is 53.7 Å². The Labute approximate surface area is 173 Å². The van der Waals surface area contributed by atoms with E-state index in [0.29, 0.717) is 12.1 Å². The molecule has 3 rings (SSSR count). The van der Waals surface area contributed by atoms with Crippen LogP contribution >= 0.6 is 0 Å². The summed E-state index contributed by atoms with van der Waals surface area (Å²) >= 11 is 0. The topological polar surface area (TPSA) is 70.6 Å². The van der Waals surface area contributed by atoms with Crippen LogP contribution in [-0.2, 0) is 10.0 Å². The Morgan fingerprint density at radius 1 is 1.07 bits per heavy atom. The normalized spacial score (nSPS) is 18.1. The minimum atomic E-state index is -3.56. The fourth-order valence-electron chi connectivity index (χ4n) is 3.66. The third-order valence-corrected chi connectivity index (χ3v) is 7.66. The predicted molar refractivity (Wildman–Crippen MR) is 113 cm³/mol. The summed E-state index contributed by atoms with van der Waals surface area (Å²) in [4.78, 5) is 19.5. The monoisotopic (exact) mass is 415 g/mol. The molecule has 1 saturated heterocycles. The van der Waals surface area contributed by atoms with Gasteiger partial charge in [-0.25, -0.2) is 8.42 Å². The van der Waals surface area contributed by atoms with Gasteiger partial charge in [-0.15, -0.1) is 0 Å². The molecule has 0 spiro atoms. The fraction of sp³-hybridized carbons (Fsp3) is 0.455. The second kappa shape index (κ2) is 9.05. The van der Waals surface area contributed by atoms with Gasteiger partial charge in [0.15, 0.2) is 0 Å². The molecule has 156 valence electrons. The van der Waals surface area contributed by atoms with Crippen LogP contribution < -0.4 is 0 Å². The molecule has 7 heteroatoms. The van der Waals surface area contributed by atoms with Crippen molar-refractivity contribution < 1.29 is 13.2 Å². The van der Waals surface area contributed by atoms with Gasteiger partial charge in [0.25, 0.3) is 5.91 Å². The molecule has 1 aromatic heterocycles. The summed E-state index contributed by atoms with van der Waals surface area (Å²) in [5.41, 5.74) is 1.60. The summed E-state index contributed by atoms with van der Waals surface area (Å²) in [5.74, 6) is -0.0603. The number of carbonyl (C=O) groups is 1. The Hall–Kier alpha value is -2.25. The maximum absolute atomic E-state index is 13.3. The average Bonchev–Trinajstić information content (AvgIpc) is 2.99. The lowest BCUT2D eigenvalue weighted by atomic mass is 10.0. The Morgan fingerprint density at radius 2 is 1.72 bits per heavy atom. The molecule has 0 saturated carbocycles. The maximum Gasteiger partial charge on any atom is 0.254 e. The van der Waals surface area contributed by atoms with Crippen LogP contribution in [0.4, 0.5) is 0 Å². The Bertz CT molecular complexity index is 928. The fourth-order valence-corrected chi connectivity index (χ4v) is 5.03. The first-order valence-corrected chi connectivity index (χ1v) is 11.6. The van der Waals surface area contributed by atoms with Crippen molar-refractivity contribution in [3.8, 4) is 0 Å². The zero-order valence-corrected chi connectivity index (χ0v) is 18.1. The number of likely N-dealkylation sites (tertiary alicyclic amines) is 1. The van der Waals surface area contributed by atoms with Gasteiger partial charge in [0.05, 0.1) is 10.9 Å². The van der Waals surface area contributed by atoms with Gasteiger partial charge >= 0.3 is 0 Å². The minimum Gasteiger partial charge on any atom is -0.332 e. The molecule has 2 heterocycles. The summed E-state index contributed by atoms with van der Waals surface area (Å²) in [5, 5.41) is 0. The highest BCUT2D eigenvalue weighted by Gasteiger charge is 2.28. The van der Waals surface area contributed by atoms with Gasteiger partial charge in [0, 0.05) is 37.6 Å². The van der Waals surface area contributed by atoms with Crippen molar-refractivity contribution in [2.45, 2.75) is 56.5 Å². The van der Waals surface area contributed by atoms with E-state index < -0.39 is 10.0 Å². The first-order valence-electron chi connectivity index (χ1n) is 10.1. The average molecular weight is 416 g/mol. The number of benzene rings is 1. The van der Waals surface area contributed by atoms with Gasteiger partial charge in [-0.2, -0.15) is 4.31 Å². The van der Waals surface area contributed by atoms with Crippen molar-refractivity contribution in [2.75, 3.05) is 13.6 Å². The molecule has 29 heavy (non-hydrogen) atoms. The van der Waals surface area contributed by atoms with E-state index in [-0.39, 0.29) is 22.9 Å². The maximum atomic E-state index is 13.3. The minimum absolute atomic E-state index is 0.0171. The molecule has 1 aliphatic rings. The van der Waals surface area contributed by atoms with Crippen molar-refractivity contribution >= 4 is 15.9 Å². The number of rotatable bonds is 5. The number of nitrogens with zero attached hydrogens (tertiary/aromatic N) is 3. The molecule has 1 atom stereocenters. The highest BCUT2D eigenvalue weighted by Crippen LogP contribution is 2.31. The van der Waals surface area contributed by atoms with Gasteiger partial charge in [-0.3, -0.25) is 9.78 Å². The highest BCUT2D eigenvalue weighted by molar-refractivity contribution is 7.89. The van der Waals surface area contributed by atoms with Crippen LogP contribution in [-0.4, -0.2) is 48.1 Å². The van der Waals surface area contributed by atoms with E-state index in [9.17, 15) is 13.2 Å². The summed E-state index contributed by atoms with van der Waals surface area (Å²) in [6.07, 6.45) is 7.58. The number of amides is 1. The van der Waals surface area contributed by atoms with Gasteiger partial charge in [-0.05, 0) is 68.7 Å². The van der Waals surface area contributed by atoms with E-state index >= 15 is 0 Å². The first kappa shape index (κ1) is 21.5. The number of hydrogen-bond donors (Lipinski definition) is 0. The molecule has 1 fully saturated rings. The molecule has 0 radical (unpaired) electrons. The van der Waals surface area contributed by atoms with Crippen LogP contribution in [0, 0.1) is 0 Å². The Balaban J connectivity index is 1.86. The Kier molecular flexibility index (Phi) is 6.70. The van der Waals surface area contributed by atoms with E-state index in [0.717, 1.165) is 31.2 Å². The summed E-state index contributed by atoms with van der Waals surface area (Å²) < 4.78 is 26.7. The summed E-state index contributed by atoms with van der Waals surface area (Å²) in [6.45, 7) is 4.35. The van der Waals surface area contributed by atoms with Crippen LogP contribution in [0.5, 0.6) is 0 Å². The number of aromatic nitrogens is 1. The molecule has 1 unspecified atom stereocenters. The van der Waals surface area contributed by atoms with Gasteiger partial charge in [0.1, 0.15) is 0 Å². The summed E-state index contributed by atoms with van der Waals surface area (Å²) in [7, 11) is -2.00. The molecule has 1 aromatic carbocycles. The van der Waals surface area contributed by atoms with E-state index in [2.05, 4.69) is 4.98 Å². The largest absolute Gasteiger partial charge is 0.332 e. The lowest BCUT2D eigenvalue weighted by Crippen LogP contribution is -2.35. The van der Waals surface area contributed by atoms with Crippen LogP contribution in [0.1, 0.15) is 61.5 Å². The molecule has 0 bridgehead atoms. The quantitative estimate of drug-likeness (QED) is 0.743. The van der Waals surface area contributed by atoms with Gasteiger partial charge < -0.3 is 4.90 Å². The van der Waals surface area contributed by atoms with E-state index in [1.807, 2.05) is 30.9 Å².